The molecular weight excluding hydrogens is 450 g/mol. The van der Waals surface area contributed by atoms with Gasteiger partial charge < -0.3 is 29.0 Å². The number of benzene rings is 3. The first-order valence-corrected chi connectivity index (χ1v) is 10.9. The van der Waals surface area contributed by atoms with Crippen molar-refractivity contribution in [3.8, 4) is 23.0 Å². The maximum atomic E-state index is 12.4. The van der Waals surface area contributed by atoms with Crippen LogP contribution in [0.15, 0.2) is 60.7 Å². The number of ether oxygens (including phenoxy) is 5. The third-order valence-electron chi connectivity index (χ3n) is 5.15. The number of methoxy groups -OCH3 is 3. The lowest BCUT2D eigenvalue weighted by molar-refractivity contribution is -0.124. The van der Waals surface area contributed by atoms with E-state index in [-0.39, 0.29) is 6.54 Å². The van der Waals surface area contributed by atoms with Crippen LogP contribution in [0.25, 0.3) is 0 Å². The Morgan fingerprint density at radius 1 is 0.829 bits per heavy atom. The molecule has 0 aromatic heterocycles. The fourth-order valence-corrected chi connectivity index (χ4v) is 3.37. The van der Waals surface area contributed by atoms with Gasteiger partial charge in [-0.1, -0.05) is 35.9 Å². The summed E-state index contributed by atoms with van der Waals surface area (Å²) >= 11 is 0. The second kappa shape index (κ2) is 12.3. The van der Waals surface area contributed by atoms with E-state index >= 15 is 0 Å². The molecule has 0 atom stereocenters. The Labute approximate surface area is 204 Å². The Morgan fingerprint density at radius 2 is 1.54 bits per heavy atom. The van der Waals surface area contributed by atoms with E-state index in [4.69, 9.17) is 23.7 Å². The van der Waals surface area contributed by atoms with Crippen LogP contribution < -0.4 is 24.3 Å². The minimum Gasteiger partial charge on any atom is -0.496 e. The van der Waals surface area contributed by atoms with Gasteiger partial charge in [0.15, 0.2) is 18.1 Å². The Morgan fingerprint density at radius 3 is 2.26 bits per heavy atom. The van der Waals surface area contributed by atoms with Crippen LogP contribution in [-0.4, -0.2) is 39.8 Å². The number of hydrogen-bond donors (Lipinski definition) is 1. The van der Waals surface area contributed by atoms with E-state index in [0.717, 1.165) is 11.1 Å². The van der Waals surface area contributed by atoms with Crippen molar-refractivity contribution in [3.63, 3.8) is 0 Å². The number of rotatable bonds is 11. The van der Waals surface area contributed by atoms with E-state index in [1.54, 1.807) is 36.4 Å². The number of aryl methyl sites for hydroxylation is 1. The molecule has 0 heterocycles. The summed E-state index contributed by atoms with van der Waals surface area (Å²) in [5.74, 6) is 1.01. The predicted octanol–water partition coefficient (Wildman–Crippen LogP) is 4.07. The van der Waals surface area contributed by atoms with Gasteiger partial charge in [0.1, 0.15) is 18.1 Å². The molecule has 0 bridgehead atoms. The molecule has 8 nitrogen and oxygen atoms in total. The van der Waals surface area contributed by atoms with Crippen molar-refractivity contribution in [2.45, 2.75) is 20.1 Å². The van der Waals surface area contributed by atoms with Crippen LogP contribution in [0.4, 0.5) is 0 Å². The fraction of sp³-hybridized carbons (Fsp3) is 0.259. The topological polar surface area (TPSA) is 92.3 Å². The van der Waals surface area contributed by atoms with Crippen molar-refractivity contribution >= 4 is 11.9 Å². The molecule has 3 aromatic rings. The monoisotopic (exact) mass is 479 g/mol. The molecule has 0 unspecified atom stereocenters. The van der Waals surface area contributed by atoms with Gasteiger partial charge in [-0.2, -0.15) is 0 Å². The molecule has 0 aliphatic carbocycles. The maximum Gasteiger partial charge on any atom is 0.338 e. The third-order valence-corrected chi connectivity index (χ3v) is 5.15. The highest BCUT2D eigenvalue weighted by molar-refractivity contribution is 5.91. The maximum absolute atomic E-state index is 12.4. The molecule has 1 amide bonds. The summed E-state index contributed by atoms with van der Waals surface area (Å²) in [6.07, 6.45) is 0. The molecule has 0 fully saturated rings. The molecule has 35 heavy (non-hydrogen) atoms. The van der Waals surface area contributed by atoms with Crippen LogP contribution in [-0.2, 0) is 22.7 Å². The largest absolute Gasteiger partial charge is 0.496 e. The van der Waals surface area contributed by atoms with Gasteiger partial charge in [-0.05, 0) is 36.8 Å². The van der Waals surface area contributed by atoms with E-state index in [1.165, 1.54) is 21.3 Å². The molecule has 1 N–H and O–H groups in total. The van der Waals surface area contributed by atoms with Gasteiger partial charge in [0.25, 0.3) is 5.91 Å². The number of carbonyl (C=O) groups is 2. The Kier molecular flexibility index (Phi) is 8.95. The molecule has 8 heteroatoms. The molecule has 184 valence electrons. The van der Waals surface area contributed by atoms with Crippen LogP contribution in [0.5, 0.6) is 23.0 Å². The normalized spacial score (nSPS) is 10.3. The highest BCUT2D eigenvalue weighted by Gasteiger charge is 2.14. The van der Waals surface area contributed by atoms with Crippen LogP contribution in [0, 0.1) is 6.92 Å². The van der Waals surface area contributed by atoms with Crippen molar-refractivity contribution in [2.75, 3.05) is 27.9 Å². The zero-order valence-corrected chi connectivity index (χ0v) is 20.3. The molecule has 0 aliphatic rings. The van der Waals surface area contributed by atoms with E-state index in [1.807, 2.05) is 31.2 Å². The summed E-state index contributed by atoms with van der Waals surface area (Å²) in [6.45, 7) is 2.12. The summed E-state index contributed by atoms with van der Waals surface area (Å²) in [5.41, 5.74) is 3.15. The van der Waals surface area contributed by atoms with Crippen molar-refractivity contribution in [2.24, 2.45) is 0 Å². The summed E-state index contributed by atoms with van der Waals surface area (Å²) in [6, 6.07) is 18.0. The Balaban J connectivity index is 1.52. The van der Waals surface area contributed by atoms with Gasteiger partial charge in [0.2, 0.25) is 0 Å². The predicted molar refractivity (Wildman–Crippen MR) is 130 cm³/mol. The van der Waals surface area contributed by atoms with Crippen LogP contribution >= 0.6 is 0 Å². The summed E-state index contributed by atoms with van der Waals surface area (Å²) < 4.78 is 26.9. The molecule has 0 aliphatic heterocycles. The van der Waals surface area contributed by atoms with E-state index in [2.05, 4.69) is 5.32 Å². The number of nitrogens with one attached hydrogen (secondary N) is 1. The van der Waals surface area contributed by atoms with Crippen molar-refractivity contribution in [1.29, 1.82) is 0 Å². The Bertz CT molecular complexity index is 1180. The quantitative estimate of drug-likeness (QED) is 0.415. The Hall–Kier alpha value is -4.20. The van der Waals surface area contributed by atoms with Gasteiger partial charge >= 0.3 is 5.97 Å². The third kappa shape index (κ3) is 7.14. The molecule has 3 rings (SSSR count). The van der Waals surface area contributed by atoms with Gasteiger partial charge in [0.05, 0.1) is 26.9 Å². The average Bonchev–Trinajstić information content (AvgIpc) is 2.88. The minimum absolute atomic E-state index is 0.155. The number of carbonyl (C=O) groups excluding carboxylic acids is 2. The summed E-state index contributed by atoms with van der Waals surface area (Å²) in [7, 11) is 4.57. The van der Waals surface area contributed by atoms with Crippen LogP contribution in [0.2, 0.25) is 0 Å². The smallest absolute Gasteiger partial charge is 0.338 e. The molecule has 0 saturated carbocycles. The molecule has 3 aromatic carbocycles. The summed E-state index contributed by atoms with van der Waals surface area (Å²) in [5, 5.41) is 2.71. The van der Waals surface area contributed by atoms with Gasteiger partial charge in [0, 0.05) is 18.2 Å². The second-order valence-corrected chi connectivity index (χ2v) is 7.68. The van der Waals surface area contributed by atoms with E-state index in [9.17, 15) is 9.59 Å². The SMILES string of the molecule is COc1cc(OC)c(OC)cc1CNC(=O)COC(=O)c1cccc(OCc2cccc(C)c2)c1. The van der Waals surface area contributed by atoms with Crippen molar-refractivity contribution in [3.05, 3.63) is 82.9 Å². The zero-order valence-electron chi connectivity index (χ0n) is 20.3. The standard InChI is InChI=1S/C27H29NO7/c1-18-7-5-8-19(11-18)16-34-22-10-6-9-20(12-22)27(30)35-17-26(29)28-15-21-13-24(32-3)25(33-4)14-23(21)31-2/h5-14H,15-17H2,1-4H3,(H,28,29). The van der Waals surface area contributed by atoms with Crippen LogP contribution in [0.1, 0.15) is 27.0 Å². The number of esters is 1. The first-order chi connectivity index (χ1) is 16.9. The van der Waals surface area contributed by atoms with Crippen molar-refractivity contribution < 1.29 is 33.3 Å². The summed E-state index contributed by atoms with van der Waals surface area (Å²) in [4.78, 5) is 24.7. The molecular formula is C27H29NO7. The fourth-order valence-electron chi connectivity index (χ4n) is 3.37. The molecule has 0 spiro atoms. The first-order valence-electron chi connectivity index (χ1n) is 10.9. The van der Waals surface area contributed by atoms with Gasteiger partial charge in [-0.3, -0.25) is 4.79 Å². The lowest BCUT2D eigenvalue weighted by Crippen LogP contribution is -2.28. The number of amides is 1. The molecule has 0 saturated heterocycles. The van der Waals surface area contributed by atoms with Crippen molar-refractivity contribution in [1.82, 2.24) is 5.32 Å². The zero-order chi connectivity index (χ0) is 25.2. The minimum atomic E-state index is -0.621. The number of hydrogen-bond acceptors (Lipinski definition) is 7. The first kappa shape index (κ1) is 25.4. The average molecular weight is 480 g/mol. The van der Waals surface area contributed by atoms with E-state index in [0.29, 0.717) is 40.7 Å². The van der Waals surface area contributed by atoms with Gasteiger partial charge in [-0.15, -0.1) is 0 Å². The van der Waals surface area contributed by atoms with E-state index < -0.39 is 18.5 Å². The lowest BCUT2D eigenvalue weighted by Gasteiger charge is -2.14. The molecule has 0 radical (unpaired) electrons. The van der Waals surface area contributed by atoms with Crippen LogP contribution in [0.3, 0.4) is 0 Å². The second-order valence-electron chi connectivity index (χ2n) is 7.68. The van der Waals surface area contributed by atoms with Gasteiger partial charge in [-0.25, -0.2) is 4.79 Å². The highest BCUT2D eigenvalue weighted by Crippen LogP contribution is 2.34. The highest BCUT2D eigenvalue weighted by atomic mass is 16.5. The lowest BCUT2D eigenvalue weighted by atomic mass is 10.1.